The van der Waals surface area contributed by atoms with Crippen molar-refractivity contribution in [3.63, 3.8) is 0 Å². The molecule has 0 amide bonds. The minimum Gasteiger partial charge on any atom is -0.383 e. The molecule has 2 N–H and O–H groups in total. The van der Waals surface area contributed by atoms with Crippen LogP contribution >= 0.6 is 0 Å². The van der Waals surface area contributed by atoms with E-state index in [1.54, 1.807) is 6.07 Å². The Balaban J connectivity index is 0.00000145. The molecule has 0 aromatic heterocycles. The first-order chi connectivity index (χ1) is 13.9. The highest BCUT2D eigenvalue weighted by Gasteiger charge is 2.31. The molecule has 0 heterocycles. The Morgan fingerprint density at radius 3 is 2.31 bits per heavy atom. The molecule has 0 spiro atoms. The molecule has 1 atom stereocenters. The van der Waals surface area contributed by atoms with Gasteiger partial charge in [0, 0.05) is 17.9 Å². The third kappa shape index (κ3) is 6.63. The summed E-state index contributed by atoms with van der Waals surface area (Å²) in [4.78, 5) is 0. The van der Waals surface area contributed by atoms with Gasteiger partial charge in [-0.05, 0) is 54.5 Å². The number of nitrogens with one attached hydrogen (secondary N) is 2. The predicted molar refractivity (Wildman–Crippen MR) is 123 cm³/mol. The Bertz CT molecular complexity index is 847. The Morgan fingerprint density at radius 2 is 1.72 bits per heavy atom. The minimum atomic E-state index is -0.232. The van der Waals surface area contributed by atoms with Gasteiger partial charge >= 0.3 is 0 Å². The van der Waals surface area contributed by atoms with Crippen molar-refractivity contribution in [1.82, 2.24) is 10.6 Å². The molecule has 154 valence electrons. The monoisotopic (exact) mass is 392 g/mol. The van der Waals surface area contributed by atoms with Crippen molar-refractivity contribution >= 4 is 5.70 Å². The number of halogens is 1. The van der Waals surface area contributed by atoms with Crippen molar-refractivity contribution in [3.05, 3.63) is 102 Å². The van der Waals surface area contributed by atoms with Crippen molar-refractivity contribution in [3.8, 4) is 0 Å². The van der Waals surface area contributed by atoms with E-state index in [1.807, 2.05) is 19.9 Å². The van der Waals surface area contributed by atoms with Crippen LogP contribution in [0.15, 0.2) is 79.5 Å². The summed E-state index contributed by atoms with van der Waals surface area (Å²) in [6.45, 7) is 19.3. The van der Waals surface area contributed by atoms with Gasteiger partial charge in [0.25, 0.3) is 0 Å². The van der Waals surface area contributed by atoms with Crippen LogP contribution < -0.4 is 10.6 Å². The van der Waals surface area contributed by atoms with Crippen molar-refractivity contribution in [2.45, 2.75) is 46.2 Å². The molecule has 2 aromatic rings. The van der Waals surface area contributed by atoms with Crippen LogP contribution in [0.4, 0.5) is 4.39 Å². The molecule has 1 aliphatic carbocycles. The van der Waals surface area contributed by atoms with E-state index in [1.165, 1.54) is 30.5 Å². The number of aryl methyl sites for hydroxylation is 1. The maximum absolute atomic E-state index is 13.4. The molecule has 0 aliphatic heterocycles. The summed E-state index contributed by atoms with van der Waals surface area (Å²) in [5.74, 6) is 0.297. The second-order valence-electron chi connectivity index (χ2n) is 7.28. The summed E-state index contributed by atoms with van der Waals surface area (Å²) in [5, 5.41) is 6.82. The Morgan fingerprint density at radius 1 is 1.07 bits per heavy atom. The fourth-order valence-corrected chi connectivity index (χ4v) is 3.07. The summed E-state index contributed by atoms with van der Waals surface area (Å²) in [5.41, 5.74) is 5.93. The first-order valence-electron chi connectivity index (χ1n) is 10.3. The SMILES string of the molecule is C=C(NC(C(=C)NCc1cccc(F)c1)C(=C)C1CC1)c1ccc(C)cc1.CC. The lowest BCUT2D eigenvalue weighted by Crippen LogP contribution is -2.36. The van der Waals surface area contributed by atoms with Crippen LogP contribution in [0.3, 0.4) is 0 Å². The van der Waals surface area contributed by atoms with Gasteiger partial charge in [0.2, 0.25) is 0 Å². The van der Waals surface area contributed by atoms with Crippen LogP contribution in [0.25, 0.3) is 5.70 Å². The number of hydrogen-bond acceptors (Lipinski definition) is 2. The van der Waals surface area contributed by atoms with Gasteiger partial charge in [0.05, 0.1) is 6.04 Å². The summed E-state index contributed by atoms with van der Waals surface area (Å²) < 4.78 is 13.4. The quantitative estimate of drug-likeness (QED) is 0.485. The van der Waals surface area contributed by atoms with Crippen molar-refractivity contribution in [1.29, 1.82) is 0 Å². The summed E-state index contributed by atoms with van der Waals surface area (Å²) in [6, 6.07) is 14.7. The first kappa shape index (κ1) is 22.5. The Labute approximate surface area is 175 Å². The van der Waals surface area contributed by atoms with Crippen molar-refractivity contribution in [2.75, 3.05) is 0 Å². The van der Waals surface area contributed by atoms with Gasteiger partial charge in [0.15, 0.2) is 0 Å². The number of rotatable bonds is 9. The predicted octanol–water partition coefficient (Wildman–Crippen LogP) is 6.36. The van der Waals surface area contributed by atoms with E-state index >= 15 is 0 Å². The van der Waals surface area contributed by atoms with E-state index in [9.17, 15) is 4.39 Å². The van der Waals surface area contributed by atoms with E-state index in [2.05, 4.69) is 61.6 Å². The molecule has 0 radical (unpaired) electrons. The number of benzene rings is 2. The van der Waals surface area contributed by atoms with Crippen LogP contribution in [-0.4, -0.2) is 6.04 Å². The van der Waals surface area contributed by atoms with Gasteiger partial charge in [0.1, 0.15) is 5.82 Å². The molecule has 1 saturated carbocycles. The number of hydrogen-bond donors (Lipinski definition) is 2. The fraction of sp³-hybridized carbons (Fsp3) is 0.308. The highest BCUT2D eigenvalue weighted by atomic mass is 19.1. The molecule has 1 fully saturated rings. The second-order valence-corrected chi connectivity index (χ2v) is 7.28. The van der Waals surface area contributed by atoms with E-state index in [4.69, 9.17) is 0 Å². The third-order valence-electron chi connectivity index (χ3n) is 4.95. The molecular weight excluding hydrogens is 359 g/mol. The zero-order valence-corrected chi connectivity index (χ0v) is 17.9. The minimum absolute atomic E-state index is 0.111. The van der Waals surface area contributed by atoms with Crippen LogP contribution in [-0.2, 0) is 6.54 Å². The highest BCUT2D eigenvalue weighted by Crippen LogP contribution is 2.38. The van der Waals surface area contributed by atoms with E-state index in [-0.39, 0.29) is 11.9 Å². The van der Waals surface area contributed by atoms with E-state index in [0.717, 1.165) is 28.1 Å². The summed E-state index contributed by atoms with van der Waals surface area (Å²) >= 11 is 0. The van der Waals surface area contributed by atoms with Gasteiger partial charge in [-0.1, -0.05) is 75.5 Å². The molecule has 1 unspecified atom stereocenters. The van der Waals surface area contributed by atoms with Gasteiger partial charge < -0.3 is 10.6 Å². The Hall–Kier alpha value is -2.81. The zero-order chi connectivity index (χ0) is 21.4. The van der Waals surface area contributed by atoms with Gasteiger partial charge in [-0.15, -0.1) is 0 Å². The normalized spacial score (nSPS) is 13.5. The summed E-state index contributed by atoms with van der Waals surface area (Å²) in [6.07, 6.45) is 2.34. The fourth-order valence-electron chi connectivity index (χ4n) is 3.07. The van der Waals surface area contributed by atoms with Crippen LogP contribution in [0.5, 0.6) is 0 Å². The van der Waals surface area contributed by atoms with Crippen LogP contribution in [0, 0.1) is 18.7 Å². The maximum Gasteiger partial charge on any atom is 0.123 e. The molecule has 2 nitrogen and oxygen atoms in total. The largest absolute Gasteiger partial charge is 0.383 e. The molecule has 3 heteroatoms. The first-order valence-corrected chi connectivity index (χ1v) is 10.3. The lowest BCUT2D eigenvalue weighted by atomic mass is 10.00. The molecule has 1 aliphatic rings. The van der Waals surface area contributed by atoms with E-state index in [0.29, 0.717) is 12.5 Å². The van der Waals surface area contributed by atoms with Crippen LogP contribution in [0.2, 0.25) is 0 Å². The second kappa shape index (κ2) is 10.7. The topological polar surface area (TPSA) is 24.1 Å². The zero-order valence-electron chi connectivity index (χ0n) is 17.9. The van der Waals surface area contributed by atoms with Crippen molar-refractivity contribution < 1.29 is 4.39 Å². The van der Waals surface area contributed by atoms with Gasteiger partial charge in [-0.3, -0.25) is 0 Å². The summed E-state index contributed by atoms with van der Waals surface area (Å²) in [7, 11) is 0. The molecule has 0 bridgehead atoms. The third-order valence-corrected chi connectivity index (χ3v) is 4.95. The van der Waals surface area contributed by atoms with Gasteiger partial charge in [-0.2, -0.15) is 0 Å². The highest BCUT2D eigenvalue weighted by molar-refractivity contribution is 5.63. The standard InChI is InChI=1S/C24H27FN2.C2H6/c1-16-8-10-22(11-9-16)18(3)27-24(17(2)21-12-13-21)19(4)26-15-20-6-5-7-23(25)14-20;1-2/h5-11,14,21,24,26-27H,2-4,12-13,15H2,1H3;1-2H3. The lowest BCUT2D eigenvalue weighted by molar-refractivity contribution is 0.619. The Kier molecular flexibility index (Phi) is 8.26. The average Bonchev–Trinajstić information content (AvgIpc) is 3.57. The van der Waals surface area contributed by atoms with E-state index < -0.39 is 0 Å². The molecule has 2 aromatic carbocycles. The molecule has 29 heavy (non-hydrogen) atoms. The molecule has 3 rings (SSSR count). The van der Waals surface area contributed by atoms with Gasteiger partial charge in [-0.25, -0.2) is 4.39 Å². The average molecular weight is 393 g/mol. The smallest absolute Gasteiger partial charge is 0.123 e. The lowest BCUT2D eigenvalue weighted by Gasteiger charge is -2.26. The maximum atomic E-state index is 13.4. The molecule has 0 saturated heterocycles. The van der Waals surface area contributed by atoms with Crippen LogP contribution in [0.1, 0.15) is 43.4 Å². The van der Waals surface area contributed by atoms with Crippen molar-refractivity contribution in [2.24, 2.45) is 5.92 Å². The molecular formula is C26H33FN2.